The van der Waals surface area contributed by atoms with E-state index in [1.54, 1.807) is 11.3 Å². The van der Waals surface area contributed by atoms with E-state index in [0.29, 0.717) is 6.54 Å². The van der Waals surface area contributed by atoms with Crippen molar-refractivity contribution >= 4 is 21.6 Å². The first kappa shape index (κ1) is 8.20. The molecule has 4 heteroatoms. The number of nitrogens with two attached hydrogens (primary N) is 1. The predicted octanol–water partition coefficient (Wildman–Crippen LogP) is 1.69. The molecule has 0 saturated carbocycles. The van der Waals surface area contributed by atoms with Crippen LogP contribution in [0.15, 0.2) is 12.1 Å². The van der Waals surface area contributed by atoms with Gasteiger partial charge in [0, 0.05) is 18.5 Å². The topological polar surface area (TPSA) is 48.1 Å². The molecule has 0 amide bonds. The average Bonchev–Trinajstić information content (AvgIpc) is 2.82. The highest BCUT2D eigenvalue weighted by atomic mass is 32.1. The van der Waals surface area contributed by atoms with E-state index in [-0.39, 0.29) is 0 Å². The van der Waals surface area contributed by atoms with E-state index >= 15 is 0 Å². The summed E-state index contributed by atoms with van der Waals surface area (Å²) < 4.78 is 6.70. The fourth-order valence-corrected chi connectivity index (χ4v) is 2.68. The molecule has 2 heterocycles. The third kappa shape index (κ3) is 1.04. The number of rotatable bonds is 1. The Hall–Kier alpha value is -1.13. The van der Waals surface area contributed by atoms with Gasteiger partial charge in [-0.15, -0.1) is 11.3 Å². The molecule has 1 aliphatic heterocycles. The zero-order valence-electron chi connectivity index (χ0n) is 7.62. The molecule has 0 aliphatic carbocycles. The Kier molecular flexibility index (Phi) is 1.72. The summed E-state index contributed by atoms with van der Waals surface area (Å²) in [6.45, 7) is 1.30. The average molecular weight is 206 g/mol. The van der Waals surface area contributed by atoms with Gasteiger partial charge in [-0.3, -0.25) is 0 Å². The number of aromatic nitrogens is 1. The largest absolute Gasteiger partial charge is 0.493 e. The van der Waals surface area contributed by atoms with E-state index in [2.05, 4.69) is 11.1 Å². The van der Waals surface area contributed by atoms with E-state index < -0.39 is 0 Å². The zero-order valence-corrected chi connectivity index (χ0v) is 8.43. The molecule has 0 radical (unpaired) electrons. The van der Waals surface area contributed by atoms with Gasteiger partial charge in [-0.05, 0) is 12.1 Å². The lowest BCUT2D eigenvalue weighted by molar-refractivity contribution is 0.357. The molecule has 0 saturated heterocycles. The highest BCUT2D eigenvalue weighted by molar-refractivity contribution is 7.18. The lowest BCUT2D eigenvalue weighted by Crippen LogP contribution is -1.94. The first-order valence-electron chi connectivity index (χ1n) is 4.62. The van der Waals surface area contributed by atoms with Crippen molar-refractivity contribution in [3.05, 3.63) is 22.7 Å². The number of benzene rings is 1. The maximum absolute atomic E-state index is 5.58. The summed E-state index contributed by atoms with van der Waals surface area (Å²) in [5, 5.41) is 1.00. The molecule has 0 atom stereocenters. The van der Waals surface area contributed by atoms with Crippen LogP contribution in [0.4, 0.5) is 0 Å². The van der Waals surface area contributed by atoms with Gasteiger partial charge in [-0.25, -0.2) is 4.98 Å². The van der Waals surface area contributed by atoms with Crippen LogP contribution in [0.1, 0.15) is 10.6 Å². The molecule has 0 unspecified atom stereocenters. The second-order valence-corrected chi connectivity index (χ2v) is 4.41. The third-order valence-corrected chi connectivity index (χ3v) is 3.49. The van der Waals surface area contributed by atoms with Gasteiger partial charge >= 0.3 is 0 Å². The molecule has 3 nitrogen and oxygen atoms in total. The number of fused-ring (bicyclic) bond motifs is 3. The Balaban J connectivity index is 2.31. The molecule has 1 aromatic heterocycles. The van der Waals surface area contributed by atoms with E-state index in [0.717, 1.165) is 29.3 Å². The van der Waals surface area contributed by atoms with Crippen LogP contribution in [-0.2, 0) is 13.0 Å². The summed E-state index contributed by atoms with van der Waals surface area (Å²) in [7, 11) is 0. The summed E-state index contributed by atoms with van der Waals surface area (Å²) in [5.74, 6) is 0.992. The molecule has 3 rings (SSSR count). The van der Waals surface area contributed by atoms with Crippen LogP contribution in [0.2, 0.25) is 0 Å². The van der Waals surface area contributed by atoms with Gasteiger partial charge in [-0.2, -0.15) is 0 Å². The molecule has 2 N–H and O–H groups in total. The quantitative estimate of drug-likeness (QED) is 0.772. The molecular formula is C10H10N2OS. The number of thiazole rings is 1. The van der Waals surface area contributed by atoms with Gasteiger partial charge in [0.2, 0.25) is 0 Å². The van der Waals surface area contributed by atoms with Crippen LogP contribution in [-0.4, -0.2) is 11.6 Å². The standard InChI is InChI=1S/C10H10N2OS/c11-5-9-12-10-6-3-4-13-7(6)1-2-8(10)14-9/h1-2H,3-5,11H2. The SMILES string of the molecule is NCc1nc2c3c(ccc2s1)OCC3. The minimum atomic E-state index is 0.523. The molecule has 2 aromatic rings. The van der Waals surface area contributed by atoms with Crippen molar-refractivity contribution in [3.63, 3.8) is 0 Å². The third-order valence-electron chi connectivity index (χ3n) is 2.45. The second-order valence-electron chi connectivity index (χ2n) is 3.30. The summed E-state index contributed by atoms with van der Waals surface area (Å²) in [5.41, 5.74) is 7.91. The number of hydrogen-bond acceptors (Lipinski definition) is 4. The minimum Gasteiger partial charge on any atom is -0.493 e. The number of hydrogen-bond donors (Lipinski definition) is 1. The summed E-state index contributed by atoms with van der Waals surface area (Å²) in [4.78, 5) is 4.52. The zero-order chi connectivity index (χ0) is 9.54. The molecule has 0 spiro atoms. The lowest BCUT2D eigenvalue weighted by Gasteiger charge is -1.97. The van der Waals surface area contributed by atoms with Crippen LogP contribution in [0, 0.1) is 0 Å². The first-order chi connectivity index (χ1) is 6.88. The highest BCUT2D eigenvalue weighted by Crippen LogP contribution is 2.34. The van der Waals surface area contributed by atoms with Crippen molar-refractivity contribution in [2.24, 2.45) is 5.73 Å². The fourth-order valence-electron chi connectivity index (χ4n) is 1.80. The van der Waals surface area contributed by atoms with Gasteiger partial charge < -0.3 is 10.5 Å². The Bertz CT molecular complexity index is 492. The van der Waals surface area contributed by atoms with Crippen LogP contribution in [0.5, 0.6) is 5.75 Å². The minimum absolute atomic E-state index is 0.523. The first-order valence-corrected chi connectivity index (χ1v) is 5.44. The maximum Gasteiger partial charge on any atom is 0.124 e. The van der Waals surface area contributed by atoms with Gasteiger partial charge in [0.15, 0.2) is 0 Å². The van der Waals surface area contributed by atoms with Crippen LogP contribution in [0.25, 0.3) is 10.2 Å². The molecule has 14 heavy (non-hydrogen) atoms. The molecular weight excluding hydrogens is 196 g/mol. The van der Waals surface area contributed by atoms with Crippen molar-refractivity contribution in [2.75, 3.05) is 6.61 Å². The van der Waals surface area contributed by atoms with Crippen molar-refractivity contribution in [3.8, 4) is 5.75 Å². The van der Waals surface area contributed by atoms with E-state index in [1.807, 2.05) is 6.07 Å². The van der Waals surface area contributed by atoms with Crippen molar-refractivity contribution in [2.45, 2.75) is 13.0 Å². The maximum atomic E-state index is 5.58. The summed E-state index contributed by atoms with van der Waals surface area (Å²) in [6.07, 6.45) is 0.973. The number of ether oxygens (including phenoxy) is 1. The predicted molar refractivity (Wildman–Crippen MR) is 56.7 cm³/mol. The Labute approximate surface area is 85.5 Å². The van der Waals surface area contributed by atoms with Gasteiger partial charge in [0.25, 0.3) is 0 Å². The lowest BCUT2D eigenvalue weighted by atomic mass is 10.1. The normalized spacial score (nSPS) is 14.4. The molecule has 1 aromatic carbocycles. The van der Waals surface area contributed by atoms with Crippen molar-refractivity contribution in [1.82, 2.24) is 4.98 Å². The molecule has 72 valence electrons. The highest BCUT2D eigenvalue weighted by Gasteiger charge is 2.17. The Morgan fingerprint density at radius 3 is 3.29 bits per heavy atom. The summed E-state index contributed by atoms with van der Waals surface area (Å²) >= 11 is 1.67. The second kappa shape index (κ2) is 2.93. The van der Waals surface area contributed by atoms with E-state index in [4.69, 9.17) is 10.5 Å². The summed E-state index contributed by atoms with van der Waals surface area (Å²) in [6, 6.07) is 4.10. The Morgan fingerprint density at radius 2 is 2.43 bits per heavy atom. The van der Waals surface area contributed by atoms with Crippen LogP contribution in [0.3, 0.4) is 0 Å². The molecule has 1 aliphatic rings. The smallest absolute Gasteiger partial charge is 0.124 e. The van der Waals surface area contributed by atoms with Gasteiger partial charge in [-0.1, -0.05) is 0 Å². The molecule has 0 bridgehead atoms. The van der Waals surface area contributed by atoms with E-state index in [1.165, 1.54) is 10.3 Å². The fraction of sp³-hybridized carbons (Fsp3) is 0.300. The van der Waals surface area contributed by atoms with Gasteiger partial charge in [0.1, 0.15) is 10.8 Å². The Morgan fingerprint density at radius 1 is 1.50 bits per heavy atom. The number of nitrogens with zero attached hydrogens (tertiary/aromatic N) is 1. The van der Waals surface area contributed by atoms with Gasteiger partial charge in [0.05, 0.1) is 16.8 Å². The molecule has 0 fully saturated rings. The van der Waals surface area contributed by atoms with Crippen LogP contribution >= 0.6 is 11.3 Å². The van der Waals surface area contributed by atoms with Crippen molar-refractivity contribution < 1.29 is 4.74 Å². The van der Waals surface area contributed by atoms with E-state index in [9.17, 15) is 0 Å². The van der Waals surface area contributed by atoms with Crippen LogP contribution < -0.4 is 10.5 Å². The van der Waals surface area contributed by atoms with Crippen molar-refractivity contribution in [1.29, 1.82) is 0 Å². The monoisotopic (exact) mass is 206 g/mol.